The van der Waals surface area contributed by atoms with Gasteiger partial charge in [0.05, 0.1) is 11.0 Å². The minimum Gasteiger partial charge on any atom is -0.375 e. The summed E-state index contributed by atoms with van der Waals surface area (Å²) in [4.78, 5) is 10.1. The molecule has 0 aliphatic carbocycles. The summed E-state index contributed by atoms with van der Waals surface area (Å²) >= 11 is 0. The lowest BCUT2D eigenvalue weighted by molar-refractivity contribution is -0.384. The standard InChI is InChI=1S/C15H22F2N2O2/c1-3-4-5-6-7-8-11(2)18-15-13(17)9-12(16)10-14(15)19(20)21/h9-11,18H,3-8H2,1-2H3. The summed E-state index contributed by atoms with van der Waals surface area (Å²) in [6.07, 6.45) is 6.38. The van der Waals surface area contributed by atoms with Crippen LogP contribution in [0.5, 0.6) is 0 Å². The highest BCUT2D eigenvalue weighted by Crippen LogP contribution is 2.29. The minimum absolute atomic E-state index is 0.106. The number of benzene rings is 1. The van der Waals surface area contributed by atoms with Crippen molar-refractivity contribution >= 4 is 11.4 Å². The summed E-state index contributed by atoms with van der Waals surface area (Å²) in [6.45, 7) is 3.98. The highest BCUT2D eigenvalue weighted by Gasteiger charge is 2.21. The third kappa shape index (κ3) is 5.65. The minimum atomic E-state index is -0.947. The third-order valence-corrected chi connectivity index (χ3v) is 3.36. The van der Waals surface area contributed by atoms with Crippen LogP contribution in [-0.2, 0) is 0 Å². The van der Waals surface area contributed by atoms with Crippen LogP contribution in [0.3, 0.4) is 0 Å². The molecule has 1 unspecified atom stereocenters. The fourth-order valence-electron chi connectivity index (χ4n) is 2.22. The average Bonchev–Trinajstić information content (AvgIpc) is 2.41. The van der Waals surface area contributed by atoms with Crippen molar-refractivity contribution in [1.29, 1.82) is 0 Å². The van der Waals surface area contributed by atoms with E-state index in [0.717, 1.165) is 31.7 Å². The van der Waals surface area contributed by atoms with Gasteiger partial charge in [0.25, 0.3) is 5.69 Å². The van der Waals surface area contributed by atoms with Gasteiger partial charge in [-0.1, -0.05) is 39.0 Å². The Morgan fingerprint density at radius 2 is 1.90 bits per heavy atom. The molecule has 0 amide bonds. The van der Waals surface area contributed by atoms with Crippen molar-refractivity contribution in [3.05, 3.63) is 33.9 Å². The Kier molecular flexibility index (Phi) is 7.05. The van der Waals surface area contributed by atoms with Crippen LogP contribution in [0.1, 0.15) is 52.4 Å². The fourth-order valence-corrected chi connectivity index (χ4v) is 2.22. The van der Waals surface area contributed by atoms with Gasteiger partial charge < -0.3 is 5.32 Å². The first-order valence-corrected chi connectivity index (χ1v) is 7.35. The van der Waals surface area contributed by atoms with Crippen LogP contribution in [0.25, 0.3) is 0 Å². The van der Waals surface area contributed by atoms with Gasteiger partial charge >= 0.3 is 0 Å². The Labute approximate surface area is 123 Å². The molecule has 118 valence electrons. The lowest BCUT2D eigenvalue weighted by Crippen LogP contribution is -2.17. The molecule has 0 aromatic heterocycles. The van der Waals surface area contributed by atoms with Crippen molar-refractivity contribution in [2.75, 3.05) is 5.32 Å². The second-order valence-corrected chi connectivity index (χ2v) is 5.29. The van der Waals surface area contributed by atoms with Gasteiger partial charge in [-0.15, -0.1) is 0 Å². The van der Waals surface area contributed by atoms with Gasteiger partial charge in [0.1, 0.15) is 11.5 Å². The smallest absolute Gasteiger partial charge is 0.298 e. The Hall–Kier alpha value is -1.72. The van der Waals surface area contributed by atoms with Gasteiger partial charge in [-0.3, -0.25) is 10.1 Å². The maximum absolute atomic E-state index is 13.7. The molecule has 6 heteroatoms. The summed E-state index contributed by atoms with van der Waals surface area (Å²) < 4.78 is 26.8. The largest absolute Gasteiger partial charge is 0.375 e. The van der Waals surface area contributed by atoms with Crippen LogP contribution >= 0.6 is 0 Å². The van der Waals surface area contributed by atoms with Crippen molar-refractivity contribution in [2.45, 2.75) is 58.4 Å². The van der Waals surface area contributed by atoms with Crippen LogP contribution < -0.4 is 5.32 Å². The first kappa shape index (κ1) is 17.3. The van der Waals surface area contributed by atoms with E-state index < -0.39 is 22.2 Å². The fraction of sp³-hybridized carbons (Fsp3) is 0.600. The molecule has 0 saturated carbocycles. The number of unbranched alkanes of at least 4 members (excludes halogenated alkanes) is 4. The monoisotopic (exact) mass is 300 g/mol. The molecule has 1 N–H and O–H groups in total. The van der Waals surface area contributed by atoms with E-state index in [1.165, 1.54) is 12.8 Å². The highest BCUT2D eigenvalue weighted by atomic mass is 19.1. The molecule has 1 rings (SSSR count). The van der Waals surface area contributed by atoms with Crippen molar-refractivity contribution in [1.82, 2.24) is 0 Å². The lowest BCUT2D eigenvalue weighted by Gasteiger charge is -2.15. The molecule has 1 atom stereocenters. The average molecular weight is 300 g/mol. The molecule has 0 aliphatic heterocycles. The van der Waals surface area contributed by atoms with Crippen molar-refractivity contribution in [3.63, 3.8) is 0 Å². The number of halogens is 2. The number of rotatable bonds is 9. The van der Waals surface area contributed by atoms with E-state index in [9.17, 15) is 18.9 Å². The van der Waals surface area contributed by atoms with Crippen molar-refractivity contribution in [2.24, 2.45) is 0 Å². The number of nitrogens with zero attached hydrogens (tertiary/aromatic N) is 1. The number of hydrogen-bond acceptors (Lipinski definition) is 3. The maximum Gasteiger partial charge on any atom is 0.298 e. The normalized spacial score (nSPS) is 12.2. The van der Waals surface area contributed by atoms with E-state index in [1.807, 2.05) is 6.92 Å². The molecule has 0 spiro atoms. The zero-order valence-corrected chi connectivity index (χ0v) is 12.5. The quantitative estimate of drug-likeness (QED) is 0.395. The molecule has 0 aliphatic rings. The zero-order chi connectivity index (χ0) is 15.8. The van der Waals surface area contributed by atoms with Gasteiger partial charge in [-0.2, -0.15) is 0 Å². The molecule has 0 bridgehead atoms. The predicted molar refractivity (Wildman–Crippen MR) is 79.5 cm³/mol. The van der Waals surface area contributed by atoms with Crippen LogP contribution in [0, 0.1) is 21.7 Å². The molecule has 0 saturated heterocycles. The highest BCUT2D eigenvalue weighted by molar-refractivity contribution is 5.62. The first-order chi connectivity index (χ1) is 9.95. The molecule has 1 aromatic carbocycles. The van der Waals surface area contributed by atoms with E-state index in [0.29, 0.717) is 6.07 Å². The second kappa shape index (κ2) is 8.54. The van der Waals surface area contributed by atoms with E-state index >= 15 is 0 Å². The van der Waals surface area contributed by atoms with Crippen molar-refractivity contribution in [3.8, 4) is 0 Å². The van der Waals surface area contributed by atoms with Gasteiger partial charge in [0.2, 0.25) is 0 Å². The van der Waals surface area contributed by atoms with Gasteiger partial charge in [0, 0.05) is 12.1 Å². The number of nitrogens with one attached hydrogen (secondary N) is 1. The van der Waals surface area contributed by atoms with E-state index in [2.05, 4.69) is 12.2 Å². The summed E-state index contributed by atoms with van der Waals surface area (Å²) in [5.74, 6) is -1.88. The van der Waals surface area contributed by atoms with E-state index in [1.54, 1.807) is 0 Å². The predicted octanol–water partition coefficient (Wildman–Crippen LogP) is 5.03. The number of hydrogen-bond donors (Lipinski definition) is 1. The number of nitro benzene ring substituents is 1. The molecule has 4 nitrogen and oxygen atoms in total. The summed E-state index contributed by atoms with van der Waals surface area (Å²) in [5, 5.41) is 13.7. The summed E-state index contributed by atoms with van der Waals surface area (Å²) in [7, 11) is 0. The van der Waals surface area contributed by atoms with Gasteiger partial charge in [0.15, 0.2) is 5.82 Å². The lowest BCUT2D eigenvalue weighted by atomic mass is 10.1. The second-order valence-electron chi connectivity index (χ2n) is 5.29. The third-order valence-electron chi connectivity index (χ3n) is 3.36. The molecule has 0 fully saturated rings. The molecular formula is C15H22F2N2O2. The van der Waals surface area contributed by atoms with E-state index in [-0.39, 0.29) is 11.7 Å². The molecule has 21 heavy (non-hydrogen) atoms. The maximum atomic E-state index is 13.7. The van der Waals surface area contributed by atoms with Crippen LogP contribution in [0.2, 0.25) is 0 Å². The van der Waals surface area contributed by atoms with Gasteiger partial charge in [-0.05, 0) is 13.3 Å². The Morgan fingerprint density at radius 1 is 1.24 bits per heavy atom. The topological polar surface area (TPSA) is 55.2 Å². The SMILES string of the molecule is CCCCCCCC(C)Nc1c(F)cc(F)cc1[N+](=O)[O-]. The van der Waals surface area contributed by atoms with Crippen LogP contribution in [0.15, 0.2) is 12.1 Å². The first-order valence-electron chi connectivity index (χ1n) is 7.35. The summed E-state index contributed by atoms with van der Waals surface area (Å²) in [5.41, 5.74) is -0.798. The summed E-state index contributed by atoms with van der Waals surface area (Å²) in [6, 6.07) is 1.29. The number of nitro groups is 1. The van der Waals surface area contributed by atoms with Crippen LogP contribution in [-0.4, -0.2) is 11.0 Å². The Morgan fingerprint density at radius 3 is 2.52 bits per heavy atom. The van der Waals surface area contributed by atoms with Crippen LogP contribution in [0.4, 0.5) is 20.2 Å². The molecular weight excluding hydrogens is 278 g/mol. The van der Waals surface area contributed by atoms with Gasteiger partial charge in [-0.25, -0.2) is 8.78 Å². The van der Waals surface area contributed by atoms with Crippen molar-refractivity contribution < 1.29 is 13.7 Å². The molecule has 1 aromatic rings. The molecule has 0 heterocycles. The number of anilines is 1. The zero-order valence-electron chi connectivity index (χ0n) is 12.5. The Bertz CT molecular complexity index is 481. The molecule has 0 radical (unpaired) electrons. The Balaban J connectivity index is 2.63. The van der Waals surface area contributed by atoms with E-state index in [4.69, 9.17) is 0 Å².